The Morgan fingerprint density at radius 3 is 2.60 bits per heavy atom. The summed E-state index contributed by atoms with van der Waals surface area (Å²) in [6, 6.07) is -0.164. The third-order valence-electron chi connectivity index (χ3n) is 4.22. The van der Waals surface area contributed by atoms with E-state index >= 15 is 0 Å². The van der Waals surface area contributed by atoms with Gasteiger partial charge in [0.1, 0.15) is 6.54 Å². The molecule has 2 heterocycles. The Labute approximate surface area is 167 Å². The number of hydrogen-bond donors (Lipinski definition) is 2. The van der Waals surface area contributed by atoms with E-state index in [0.717, 1.165) is 25.9 Å². The van der Waals surface area contributed by atoms with E-state index in [2.05, 4.69) is 15.6 Å². The number of carbonyl (C=O) groups is 1. The molecule has 10 heteroatoms. The van der Waals surface area contributed by atoms with Gasteiger partial charge in [-0.1, -0.05) is 0 Å². The molecule has 2 unspecified atom stereocenters. The highest BCUT2D eigenvalue weighted by molar-refractivity contribution is 14.0. The van der Waals surface area contributed by atoms with Crippen LogP contribution in [0.15, 0.2) is 4.99 Å². The summed E-state index contributed by atoms with van der Waals surface area (Å²) in [4.78, 5) is 17.5. The molecule has 25 heavy (non-hydrogen) atoms. The van der Waals surface area contributed by atoms with E-state index in [1.54, 1.807) is 14.1 Å². The Kier molecular flexibility index (Phi) is 9.43. The molecule has 1 amide bonds. The Bertz CT molecular complexity index is 562. The first kappa shape index (κ1) is 22.4. The summed E-state index contributed by atoms with van der Waals surface area (Å²) < 4.78 is 28.9. The summed E-state index contributed by atoms with van der Waals surface area (Å²) in [7, 11) is 0.390. The summed E-state index contributed by atoms with van der Waals surface area (Å²) in [5.41, 5.74) is 0. The molecular formula is C15H29IN4O4S. The number of rotatable bonds is 5. The van der Waals surface area contributed by atoms with Crippen LogP contribution in [0.5, 0.6) is 0 Å². The average Bonchev–Trinajstić information content (AvgIpc) is 2.89. The van der Waals surface area contributed by atoms with Crippen molar-refractivity contribution < 1.29 is 17.9 Å². The molecule has 2 aliphatic heterocycles. The van der Waals surface area contributed by atoms with Gasteiger partial charge in [0.15, 0.2) is 15.8 Å². The lowest BCUT2D eigenvalue weighted by atomic mass is 10.1. The molecule has 0 aliphatic carbocycles. The third-order valence-corrected chi connectivity index (χ3v) is 5.98. The quantitative estimate of drug-likeness (QED) is 0.321. The van der Waals surface area contributed by atoms with Crippen molar-refractivity contribution in [1.82, 2.24) is 15.5 Å². The van der Waals surface area contributed by atoms with Crippen LogP contribution in [0.25, 0.3) is 0 Å². The molecule has 0 aromatic heterocycles. The molecule has 2 rings (SSSR count). The molecule has 8 nitrogen and oxygen atoms in total. The van der Waals surface area contributed by atoms with E-state index in [1.807, 2.05) is 0 Å². The van der Waals surface area contributed by atoms with Gasteiger partial charge in [0, 0.05) is 33.3 Å². The summed E-state index contributed by atoms with van der Waals surface area (Å²) in [5.74, 6) is 0.667. The van der Waals surface area contributed by atoms with Crippen LogP contribution in [0.3, 0.4) is 0 Å². The molecule has 2 N–H and O–H groups in total. The van der Waals surface area contributed by atoms with Gasteiger partial charge >= 0.3 is 0 Å². The van der Waals surface area contributed by atoms with Gasteiger partial charge in [-0.2, -0.15) is 0 Å². The van der Waals surface area contributed by atoms with Crippen molar-refractivity contribution in [2.45, 2.75) is 37.8 Å². The van der Waals surface area contributed by atoms with E-state index in [9.17, 15) is 13.2 Å². The Morgan fingerprint density at radius 1 is 1.28 bits per heavy atom. The number of hydrogen-bond acceptors (Lipinski definition) is 5. The fourth-order valence-electron chi connectivity index (χ4n) is 2.72. The van der Waals surface area contributed by atoms with Gasteiger partial charge in [0.2, 0.25) is 5.91 Å². The average molecular weight is 488 g/mol. The van der Waals surface area contributed by atoms with Crippen molar-refractivity contribution in [3.63, 3.8) is 0 Å². The lowest BCUT2D eigenvalue weighted by molar-refractivity contribution is -0.127. The number of ether oxygens (including phenoxy) is 1. The van der Waals surface area contributed by atoms with Crippen molar-refractivity contribution >= 4 is 45.7 Å². The smallest absolute Gasteiger partial charge is 0.243 e. The van der Waals surface area contributed by atoms with Crippen molar-refractivity contribution in [2.75, 3.05) is 45.3 Å². The Hall–Kier alpha value is -0.620. The van der Waals surface area contributed by atoms with Crippen LogP contribution in [-0.2, 0) is 19.4 Å². The van der Waals surface area contributed by atoms with Gasteiger partial charge in [-0.05, 0) is 25.7 Å². The molecule has 0 aromatic rings. The van der Waals surface area contributed by atoms with Crippen LogP contribution in [0.2, 0.25) is 0 Å². The van der Waals surface area contributed by atoms with E-state index in [1.165, 1.54) is 4.90 Å². The summed E-state index contributed by atoms with van der Waals surface area (Å²) in [6.45, 7) is 1.39. The number of likely N-dealkylation sites (N-methyl/N-ethyl adjacent to an activating group) is 1. The highest BCUT2D eigenvalue weighted by Crippen LogP contribution is 2.12. The Balaban J connectivity index is 0.00000312. The minimum Gasteiger partial charge on any atom is -0.376 e. The van der Waals surface area contributed by atoms with Crippen LogP contribution >= 0.6 is 24.0 Å². The molecule has 0 spiro atoms. The van der Waals surface area contributed by atoms with Crippen LogP contribution in [-0.4, -0.2) is 82.6 Å². The maximum atomic E-state index is 11.7. The maximum absolute atomic E-state index is 11.7. The molecular weight excluding hydrogens is 459 g/mol. The largest absolute Gasteiger partial charge is 0.376 e. The number of guanidine groups is 1. The van der Waals surface area contributed by atoms with Crippen LogP contribution in [0.4, 0.5) is 0 Å². The van der Waals surface area contributed by atoms with Crippen molar-refractivity contribution in [2.24, 2.45) is 4.99 Å². The van der Waals surface area contributed by atoms with E-state index in [-0.39, 0.29) is 60.1 Å². The lowest BCUT2D eigenvalue weighted by Crippen LogP contribution is -2.47. The van der Waals surface area contributed by atoms with E-state index in [4.69, 9.17) is 4.74 Å². The van der Waals surface area contributed by atoms with Gasteiger partial charge in [0.05, 0.1) is 17.6 Å². The van der Waals surface area contributed by atoms with Crippen LogP contribution in [0.1, 0.15) is 25.7 Å². The lowest BCUT2D eigenvalue weighted by Gasteiger charge is -2.24. The molecule has 2 saturated heterocycles. The number of aliphatic imine (C=N–C) groups is 1. The summed E-state index contributed by atoms with van der Waals surface area (Å²) in [6.07, 6.45) is 3.92. The fourth-order valence-corrected chi connectivity index (χ4v) is 4.40. The highest BCUT2D eigenvalue weighted by Gasteiger charge is 2.28. The molecule has 2 atom stereocenters. The minimum atomic E-state index is -2.97. The second kappa shape index (κ2) is 10.5. The maximum Gasteiger partial charge on any atom is 0.243 e. The molecule has 0 bridgehead atoms. The molecule has 0 radical (unpaired) electrons. The highest BCUT2D eigenvalue weighted by atomic mass is 127. The zero-order valence-corrected chi connectivity index (χ0v) is 18.0. The van der Waals surface area contributed by atoms with Crippen LogP contribution < -0.4 is 10.6 Å². The molecule has 0 aromatic carbocycles. The van der Waals surface area contributed by atoms with Crippen LogP contribution in [0, 0.1) is 0 Å². The number of nitrogens with zero attached hydrogens (tertiary/aromatic N) is 2. The number of nitrogens with one attached hydrogen (secondary N) is 2. The number of carbonyl (C=O) groups excluding carboxylic acids is 1. The summed E-state index contributed by atoms with van der Waals surface area (Å²) in [5, 5.41) is 6.33. The topological polar surface area (TPSA) is 100 Å². The Morgan fingerprint density at radius 2 is 2.04 bits per heavy atom. The first-order valence-electron chi connectivity index (χ1n) is 8.43. The zero-order chi connectivity index (χ0) is 17.6. The van der Waals surface area contributed by atoms with Crippen molar-refractivity contribution in [1.29, 1.82) is 0 Å². The fraction of sp³-hybridized carbons (Fsp3) is 0.867. The predicted molar refractivity (Wildman–Crippen MR) is 108 cm³/mol. The molecule has 146 valence electrons. The van der Waals surface area contributed by atoms with Gasteiger partial charge in [0.25, 0.3) is 0 Å². The first-order valence-corrected chi connectivity index (χ1v) is 10.2. The minimum absolute atomic E-state index is 0. The van der Waals surface area contributed by atoms with Gasteiger partial charge < -0.3 is 20.3 Å². The third kappa shape index (κ3) is 8.07. The van der Waals surface area contributed by atoms with Gasteiger partial charge in [-0.15, -0.1) is 24.0 Å². The number of sulfone groups is 1. The van der Waals surface area contributed by atoms with E-state index in [0.29, 0.717) is 18.9 Å². The standard InChI is InChI=1S/C15H28N4O4S.HI/c1-19(2)14(20)10-17-15(16-9-13-5-3-4-7-23-13)18-12-6-8-24(21,22)11-12;/h12-13H,3-11H2,1-2H3,(H2,16,17,18);1H. The second-order valence-electron chi connectivity index (χ2n) is 6.57. The SMILES string of the molecule is CN(C)C(=O)CN=C(NCC1CCCCO1)NC1CCS(=O)(=O)C1.I. The normalized spacial score (nSPS) is 25.8. The van der Waals surface area contributed by atoms with Crippen molar-refractivity contribution in [3.8, 4) is 0 Å². The monoisotopic (exact) mass is 488 g/mol. The zero-order valence-electron chi connectivity index (χ0n) is 14.9. The molecule has 2 aliphatic rings. The predicted octanol–water partition coefficient (Wildman–Crippen LogP) is -0.0160. The second-order valence-corrected chi connectivity index (χ2v) is 8.80. The van der Waals surface area contributed by atoms with Crippen molar-refractivity contribution in [3.05, 3.63) is 0 Å². The molecule has 2 fully saturated rings. The number of amides is 1. The van der Waals surface area contributed by atoms with E-state index < -0.39 is 9.84 Å². The molecule has 0 saturated carbocycles. The summed E-state index contributed by atoms with van der Waals surface area (Å²) >= 11 is 0. The number of halogens is 1. The first-order chi connectivity index (χ1) is 11.4. The van der Waals surface area contributed by atoms with Gasteiger partial charge in [-0.25, -0.2) is 13.4 Å². The van der Waals surface area contributed by atoms with Gasteiger partial charge in [-0.3, -0.25) is 4.79 Å².